The number of carbonyl (C=O) groups is 1. The number of rotatable bonds is 13. The third-order valence-corrected chi connectivity index (χ3v) is 4.51. The second-order valence-corrected chi connectivity index (χ2v) is 9.03. The Hall–Kier alpha value is 0.716. The topological polar surface area (TPSA) is 112 Å². The van der Waals surface area contributed by atoms with E-state index in [2.05, 4.69) is 27.7 Å². The van der Waals surface area contributed by atoms with Crippen LogP contribution < -0.4 is 0 Å². The van der Waals surface area contributed by atoms with E-state index < -0.39 is 16.4 Å². The number of aliphatic carboxylic acids is 1. The molecule has 0 aromatic rings. The van der Waals surface area contributed by atoms with Gasteiger partial charge in [0.1, 0.15) is 0 Å². The van der Waals surface area contributed by atoms with Crippen molar-refractivity contribution in [2.45, 2.75) is 92.4 Å². The van der Waals surface area contributed by atoms with E-state index in [0.717, 1.165) is 36.2 Å². The summed E-state index contributed by atoms with van der Waals surface area (Å²) >= 11 is 0. The van der Waals surface area contributed by atoms with Gasteiger partial charge in [0.15, 0.2) is 0 Å². The molecule has 164 valence electrons. The summed E-state index contributed by atoms with van der Waals surface area (Å²) in [7, 11) is -4.67. The van der Waals surface area contributed by atoms with E-state index >= 15 is 0 Å². The Morgan fingerprint density at radius 3 is 1.57 bits per heavy atom. The summed E-state index contributed by atoms with van der Waals surface area (Å²) in [5, 5.41) is 8.68. The molecular formula is C20H41KO6S. The fraction of sp³-hybridized carbons (Fsp3) is 0.850. The molecule has 2 atom stereocenters. The van der Waals surface area contributed by atoms with Gasteiger partial charge in [-0.2, -0.15) is 8.42 Å². The number of carboxylic acids is 1. The van der Waals surface area contributed by atoms with Gasteiger partial charge in [0.25, 0.3) is 0 Å². The van der Waals surface area contributed by atoms with E-state index in [-0.39, 0.29) is 51.4 Å². The normalized spacial score (nSPS) is 13.9. The predicted molar refractivity (Wildman–Crippen MR) is 117 cm³/mol. The van der Waals surface area contributed by atoms with Crippen molar-refractivity contribution < 1.29 is 27.4 Å². The number of hydrogen-bond donors (Lipinski definition) is 3. The van der Waals surface area contributed by atoms with Crippen molar-refractivity contribution in [2.75, 3.05) is 0 Å². The van der Waals surface area contributed by atoms with Crippen LogP contribution in [0.4, 0.5) is 0 Å². The van der Waals surface area contributed by atoms with E-state index in [9.17, 15) is 4.79 Å². The SMILES string of the molecule is C/C(=C\C(=O)O)CCC[C@H](C)CCC[C@H](C)CCCC(C)C.O=S(=O)(O)O.[KH]. The van der Waals surface area contributed by atoms with Gasteiger partial charge in [-0.25, -0.2) is 4.79 Å². The standard InChI is InChI=1S/C20H38O2.K.H2O4S.H/c1-16(2)9-6-10-17(3)11-7-12-18(4)13-8-14-19(5)15-20(21)22;;1-5(2,3)4;/h15-18H,6-14H2,1-5H3,(H,21,22);;(H2,1,2,3,4);/b19-15+;;;/t17-,18-;;;/m1.../s1. The molecule has 0 aromatic carbocycles. The van der Waals surface area contributed by atoms with Crippen LogP contribution in [-0.2, 0) is 15.2 Å². The fourth-order valence-electron chi connectivity index (χ4n) is 2.99. The first-order chi connectivity index (χ1) is 12.3. The van der Waals surface area contributed by atoms with Gasteiger partial charge in [0, 0.05) is 6.08 Å². The third-order valence-electron chi connectivity index (χ3n) is 4.51. The summed E-state index contributed by atoms with van der Waals surface area (Å²) in [4.78, 5) is 10.5. The van der Waals surface area contributed by atoms with Crippen LogP contribution in [0.3, 0.4) is 0 Å². The van der Waals surface area contributed by atoms with Crippen LogP contribution >= 0.6 is 0 Å². The number of hydrogen-bond acceptors (Lipinski definition) is 3. The zero-order valence-corrected chi connectivity index (χ0v) is 18.5. The Bertz CT molecular complexity index is 509. The van der Waals surface area contributed by atoms with Crippen molar-refractivity contribution in [3.63, 3.8) is 0 Å². The van der Waals surface area contributed by atoms with Gasteiger partial charge in [0.05, 0.1) is 0 Å². The Morgan fingerprint density at radius 1 is 0.857 bits per heavy atom. The molecule has 6 nitrogen and oxygen atoms in total. The summed E-state index contributed by atoms with van der Waals surface area (Å²) in [6, 6.07) is 0. The maximum atomic E-state index is 10.5. The first-order valence-corrected chi connectivity index (χ1v) is 11.3. The molecule has 0 spiro atoms. The summed E-state index contributed by atoms with van der Waals surface area (Å²) in [6.45, 7) is 11.3. The van der Waals surface area contributed by atoms with Crippen molar-refractivity contribution in [3.05, 3.63) is 11.6 Å². The molecule has 0 radical (unpaired) electrons. The van der Waals surface area contributed by atoms with Crippen molar-refractivity contribution in [1.82, 2.24) is 0 Å². The van der Waals surface area contributed by atoms with Gasteiger partial charge in [-0.05, 0) is 37.5 Å². The van der Waals surface area contributed by atoms with Crippen LogP contribution in [0.2, 0.25) is 0 Å². The Kier molecular flexibility index (Phi) is 23.4. The number of carboxylic acid groups (broad SMARTS) is 1. The summed E-state index contributed by atoms with van der Waals surface area (Å²) in [5.41, 5.74) is 0.985. The van der Waals surface area contributed by atoms with Gasteiger partial charge in [-0.3, -0.25) is 9.11 Å². The Morgan fingerprint density at radius 2 is 1.21 bits per heavy atom. The monoisotopic (exact) mass is 448 g/mol. The van der Waals surface area contributed by atoms with E-state index in [1.54, 1.807) is 0 Å². The van der Waals surface area contributed by atoms with Crippen LogP contribution in [0.15, 0.2) is 11.6 Å². The quantitative estimate of drug-likeness (QED) is 0.204. The van der Waals surface area contributed by atoms with E-state index in [1.807, 2.05) is 6.92 Å². The molecule has 0 heterocycles. The zero-order chi connectivity index (χ0) is 21.5. The molecule has 0 bridgehead atoms. The molecule has 0 aliphatic heterocycles. The van der Waals surface area contributed by atoms with Crippen molar-refractivity contribution in [3.8, 4) is 0 Å². The average Bonchev–Trinajstić information content (AvgIpc) is 2.44. The Balaban J connectivity index is -0.000000918. The summed E-state index contributed by atoms with van der Waals surface area (Å²) in [6.07, 6.45) is 12.7. The number of allylic oxidation sites excluding steroid dienone is 1. The molecule has 0 unspecified atom stereocenters. The molecule has 0 fully saturated rings. The van der Waals surface area contributed by atoms with Gasteiger partial charge < -0.3 is 5.11 Å². The Labute approximate surface area is 214 Å². The van der Waals surface area contributed by atoms with E-state index in [1.165, 1.54) is 51.0 Å². The molecule has 0 rings (SSSR count). The van der Waals surface area contributed by atoms with Crippen LogP contribution in [0, 0.1) is 17.8 Å². The molecule has 8 heteroatoms. The molecule has 3 N–H and O–H groups in total. The first-order valence-electron chi connectivity index (χ1n) is 9.91. The van der Waals surface area contributed by atoms with Crippen LogP contribution in [-0.4, -0.2) is 80.0 Å². The van der Waals surface area contributed by atoms with Gasteiger partial charge >= 0.3 is 67.8 Å². The second kappa shape index (κ2) is 19.7. The second-order valence-electron chi connectivity index (χ2n) is 8.13. The summed E-state index contributed by atoms with van der Waals surface area (Å²) in [5.74, 6) is 1.65. The molecule has 0 saturated heterocycles. The minimum absolute atomic E-state index is 0. The maximum absolute atomic E-state index is 10.5. The van der Waals surface area contributed by atoms with E-state index in [4.69, 9.17) is 22.6 Å². The molecule has 0 saturated carbocycles. The molecular weight excluding hydrogens is 407 g/mol. The van der Waals surface area contributed by atoms with Crippen molar-refractivity contribution in [1.29, 1.82) is 0 Å². The van der Waals surface area contributed by atoms with Crippen molar-refractivity contribution in [2.24, 2.45) is 17.8 Å². The van der Waals surface area contributed by atoms with Gasteiger partial charge in [0.2, 0.25) is 0 Å². The predicted octanol–water partition coefficient (Wildman–Crippen LogP) is 5.16. The third kappa shape index (κ3) is 34.2. The van der Waals surface area contributed by atoms with Gasteiger partial charge in [-0.1, -0.05) is 78.2 Å². The van der Waals surface area contributed by atoms with Crippen LogP contribution in [0.1, 0.15) is 92.4 Å². The van der Waals surface area contributed by atoms with Crippen molar-refractivity contribution >= 4 is 67.8 Å². The molecule has 0 aromatic heterocycles. The molecule has 28 heavy (non-hydrogen) atoms. The molecule has 0 amide bonds. The van der Waals surface area contributed by atoms with E-state index in [0.29, 0.717) is 0 Å². The van der Waals surface area contributed by atoms with Gasteiger partial charge in [-0.15, -0.1) is 0 Å². The molecule has 0 aliphatic carbocycles. The fourth-order valence-corrected chi connectivity index (χ4v) is 2.99. The molecule has 0 aliphatic rings. The summed E-state index contributed by atoms with van der Waals surface area (Å²) < 4.78 is 31.6. The minimum atomic E-state index is -4.67. The average molecular weight is 449 g/mol. The van der Waals surface area contributed by atoms with Crippen LogP contribution in [0.25, 0.3) is 0 Å². The van der Waals surface area contributed by atoms with Crippen LogP contribution in [0.5, 0.6) is 0 Å². The zero-order valence-electron chi connectivity index (χ0n) is 17.6. The first kappa shape index (κ1) is 33.4.